The second kappa shape index (κ2) is 7.67. The van der Waals surface area contributed by atoms with Crippen molar-refractivity contribution in [2.75, 3.05) is 23.7 Å². The molecule has 0 aliphatic carbocycles. The maximum absolute atomic E-state index is 15.1. The largest absolute Gasteiger partial charge is 0.354 e. The van der Waals surface area contributed by atoms with Gasteiger partial charge >= 0.3 is 6.03 Å². The molecule has 1 aromatic heterocycles. The third-order valence-electron chi connectivity index (χ3n) is 6.17. The van der Waals surface area contributed by atoms with E-state index in [-0.39, 0.29) is 33.7 Å². The van der Waals surface area contributed by atoms with Crippen LogP contribution < -0.4 is 9.62 Å². The molecule has 2 amide bonds. The predicted octanol–water partition coefficient (Wildman–Crippen LogP) is 3.34. The van der Waals surface area contributed by atoms with E-state index in [0.717, 1.165) is 21.9 Å². The molecule has 2 atom stereocenters. The monoisotopic (exact) mass is 498 g/mol. The van der Waals surface area contributed by atoms with E-state index in [1.54, 1.807) is 0 Å². The van der Waals surface area contributed by atoms with E-state index < -0.39 is 58.8 Å². The highest BCUT2D eigenvalue weighted by atomic mass is 32.2. The summed E-state index contributed by atoms with van der Waals surface area (Å²) in [5.41, 5.74) is -0.219. The molecule has 8 nitrogen and oxygen atoms in total. The molecule has 180 valence electrons. The molecule has 0 radical (unpaired) electrons. The molecular formula is C21H18F4N4O4S. The van der Waals surface area contributed by atoms with Crippen molar-refractivity contribution in [1.82, 2.24) is 14.8 Å². The fourth-order valence-electron chi connectivity index (χ4n) is 4.44. The van der Waals surface area contributed by atoms with Gasteiger partial charge in [-0.2, -0.15) is 0 Å². The summed E-state index contributed by atoms with van der Waals surface area (Å²) in [7, 11) is -3.93. The molecule has 0 unspecified atom stereocenters. The number of carbonyl (C=O) groups excluding carboxylic acids is 1. The van der Waals surface area contributed by atoms with E-state index in [2.05, 4.69) is 5.16 Å². The number of carbonyl (C=O) groups is 1. The maximum atomic E-state index is 15.1. The van der Waals surface area contributed by atoms with Crippen LogP contribution in [0, 0.1) is 11.6 Å². The van der Waals surface area contributed by atoms with Gasteiger partial charge in [0.1, 0.15) is 23.7 Å². The lowest BCUT2D eigenvalue weighted by atomic mass is 10.00. The van der Waals surface area contributed by atoms with Gasteiger partial charge in [-0.25, -0.2) is 35.5 Å². The van der Waals surface area contributed by atoms with Gasteiger partial charge in [0, 0.05) is 12.1 Å². The number of anilines is 1. The average Bonchev–Trinajstić information content (AvgIpc) is 3.41. The van der Waals surface area contributed by atoms with Crippen molar-refractivity contribution in [1.29, 1.82) is 0 Å². The Bertz CT molecular complexity index is 1390. The number of sulfonamides is 1. The second-order valence-electron chi connectivity index (χ2n) is 8.09. The topological polar surface area (TPSA) is 95.8 Å². The summed E-state index contributed by atoms with van der Waals surface area (Å²) < 4.78 is 90.1. The number of halogens is 4. The van der Waals surface area contributed by atoms with Gasteiger partial charge < -0.3 is 9.42 Å². The number of fused-ring (bicyclic) bond motifs is 2. The van der Waals surface area contributed by atoms with Crippen LogP contribution in [0.4, 0.5) is 28.2 Å². The van der Waals surface area contributed by atoms with Gasteiger partial charge in [-0.1, -0.05) is 23.4 Å². The molecule has 34 heavy (non-hydrogen) atoms. The molecule has 2 saturated heterocycles. The molecule has 0 saturated carbocycles. The summed E-state index contributed by atoms with van der Waals surface area (Å²) in [6.07, 6.45) is 0. The van der Waals surface area contributed by atoms with E-state index in [0.29, 0.717) is 0 Å². The maximum Gasteiger partial charge on any atom is 0.326 e. The zero-order chi connectivity index (χ0) is 24.4. The van der Waals surface area contributed by atoms with E-state index in [4.69, 9.17) is 4.52 Å². The number of alkyl halides is 2. The zero-order valence-electron chi connectivity index (χ0n) is 17.6. The smallest absolute Gasteiger partial charge is 0.326 e. The first kappa shape index (κ1) is 22.6. The highest BCUT2D eigenvalue weighted by Crippen LogP contribution is 2.43. The second-order valence-corrected chi connectivity index (χ2v) is 10.1. The standard InChI is InChI=1S/C21H18F4N4O4S/c1-2-34(31,32)27-15-9-28-16(21(15,24)25)10-29(20(28)30)19-18-11(5-3-8-14(18)33-26-19)17-12(22)6-4-7-13(17)23/h3-8,15-16,27H,2,9-10H2,1H3/t15-,16-/m1/s1. The van der Waals surface area contributed by atoms with Gasteiger partial charge in [-0.05, 0) is 25.1 Å². The Morgan fingerprint density at radius 3 is 2.47 bits per heavy atom. The van der Waals surface area contributed by atoms with Crippen LogP contribution in [0.15, 0.2) is 40.9 Å². The Hall–Kier alpha value is -3.19. The van der Waals surface area contributed by atoms with E-state index in [1.165, 1.54) is 31.2 Å². The minimum absolute atomic E-state index is 0.0459. The number of amides is 2. The molecular weight excluding hydrogens is 480 g/mol. The third kappa shape index (κ3) is 3.33. The normalized spacial score (nSPS) is 22.1. The molecule has 2 aliphatic heterocycles. The van der Waals surface area contributed by atoms with E-state index >= 15 is 8.78 Å². The Balaban J connectivity index is 1.55. The van der Waals surface area contributed by atoms with Crippen LogP contribution in [-0.2, 0) is 10.0 Å². The average molecular weight is 498 g/mol. The highest BCUT2D eigenvalue weighted by molar-refractivity contribution is 7.89. The van der Waals surface area contributed by atoms with Gasteiger partial charge in [0.05, 0.1) is 23.2 Å². The molecule has 0 bridgehead atoms. The molecule has 3 heterocycles. The lowest BCUT2D eigenvalue weighted by molar-refractivity contribution is -0.0324. The van der Waals surface area contributed by atoms with Crippen molar-refractivity contribution in [2.24, 2.45) is 0 Å². The number of nitrogens with zero attached hydrogens (tertiary/aromatic N) is 3. The number of nitrogens with one attached hydrogen (secondary N) is 1. The number of aromatic nitrogens is 1. The van der Waals surface area contributed by atoms with Gasteiger partial charge in [-0.15, -0.1) is 0 Å². The first-order valence-electron chi connectivity index (χ1n) is 10.3. The highest BCUT2D eigenvalue weighted by Gasteiger charge is 2.63. The lowest BCUT2D eigenvalue weighted by Crippen LogP contribution is -2.51. The number of hydrogen-bond acceptors (Lipinski definition) is 5. The minimum Gasteiger partial charge on any atom is -0.354 e. The van der Waals surface area contributed by atoms with Gasteiger partial charge in [0.2, 0.25) is 10.0 Å². The fourth-order valence-corrected chi connectivity index (χ4v) is 5.27. The SMILES string of the molecule is CCS(=O)(=O)N[C@@H]1CN2C(=O)N(c3noc4cccc(-c5c(F)cccc5F)c34)C[C@@H]2C1(F)F. The van der Waals surface area contributed by atoms with Crippen LogP contribution >= 0.6 is 0 Å². The molecule has 3 aromatic rings. The Morgan fingerprint density at radius 1 is 1.15 bits per heavy atom. The Kier molecular flexibility index (Phi) is 5.09. The van der Waals surface area contributed by atoms with Crippen molar-refractivity contribution in [3.8, 4) is 11.1 Å². The molecule has 1 N–H and O–H groups in total. The van der Waals surface area contributed by atoms with Crippen molar-refractivity contribution >= 4 is 32.8 Å². The first-order valence-corrected chi connectivity index (χ1v) is 12.0. The molecule has 2 aliphatic rings. The van der Waals surface area contributed by atoms with Gasteiger partial charge in [-0.3, -0.25) is 4.90 Å². The van der Waals surface area contributed by atoms with E-state index in [9.17, 15) is 22.0 Å². The molecule has 2 aromatic carbocycles. The van der Waals surface area contributed by atoms with E-state index in [1.807, 2.05) is 4.72 Å². The molecule has 0 spiro atoms. The summed E-state index contributed by atoms with van der Waals surface area (Å²) >= 11 is 0. The molecule has 5 rings (SSSR count). The number of rotatable bonds is 5. The van der Waals surface area contributed by atoms with Crippen molar-refractivity contribution in [2.45, 2.75) is 24.9 Å². The summed E-state index contributed by atoms with van der Waals surface area (Å²) in [5.74, 6) is -5.82. The van der Waals surface area contributed by atoms with Crippen LogP contribution in [0.5, 0.6) is 0 Å². The number of urea groups is 1. The van der Waals surface area contributed by atoms with Crippen LogP contribution in [0.3, 0.4) is 0 Å². The predicted molar refractivity (Wildman–Crippen MR) is 114 cm³/mol. The Labute approximate surface area is 191 Å². The van der Waals surface area contributed by atoms with Crippen LogP contribution in [0.1, 0.15) is 6.92 Å². The molecule has 2 fully saturated rings. The third-order valence-corrected chi connectivity index (χ3v) is 7.57. The minimum atomic E-state index is -3.93. The van der Waals surface area contributed by atoms with Gasteiger partial charge in [0.15, 0.2) is 11.4 Å². The first-order chi connectivity index (χ1) is 16.0. The fraction of sp³-hybridized carbons (Fsp3) is 0.333. The summed E-state index contributed by atoms with van der Waals surface area (Å²) in [5, 5.41) is 3.93. The summed E-state index contributed by atoms with van der Waals surface area (Å²) in [6, 6.07) is 3.46. The zero-order valence-corrected chi connectivity index (χ0v) is 18.5. The van der Waals surface area contributed by atoms with Crippen molar-refractivity contribution in [3.05, 3.63) is 48.0 Å². The number of benzene rings is 2. The van der Waals surface area contributed by atoms with Crippen LogP contribution in [-0.4, -0.2) is 61.4 Å². The number of hydrogen-bond donors (Lipinski definition) is 1. The van der Waals surface area contributed by atoms with Crippen LogP contribution in [0.2, 0.25) is 0 Å². The van der Waals surface area contributed by atoms with Crippen molar-refractivity contribution in [3.63, 3.8) is 0 Å². The quantitative estimate of drug-likeness (QED) is 0.545. The summed E-state index contributed by atoms with van der Waals surface area (Å²) in [4.78, 5) is 14.9. The van der Waals surface area contributed by atoms with Crippen LogP contribution in [0.25, 0.3) is 22.1 Å². The summed E-state index contributed by atoms with van der Waals surface area (Å²) in [6.45, 7) is 0.248. The lowest BCUT2D eigenvalue weighted by Gasteiger charge is -2.23. The van der Waals surface area contributed by atoms with Gasteiger partial charge in [0.25, 0.3) is 5.92 Å². The molecule has 13 heteroatoms. The van der Waals surface area contributed by atoms with Crippen molar-refractivity contribution < 1.29 is 35.3 Å². The Morgan fingerprint density at radius 2 is 1.82 bits per heavy atom.